The second kappa shape index (κ2) is 7.62. The summed E-state index contributed by atoms with van der Waals surface area (Å²) in [7, 11) is -1.96. The summed E-state index contributed by atoms with van der Waals surface area (Å²) in [5.74, 6) is 0.706. The molecule has 124 valence electrons. The molecule has 1 N–H and O–H groups in total. The molecule has 0 saturated heterocycles. The topological polar surface area (TPSA) is 55.4 Å². The summed E-state index contributed by atoms with van der Waals surface area (Å²) < 4.78 is 32.9. The fourth-order valence-electron chi connectivity index (χ4n) is 2.40. The molecule has 0 saturated carbocycles. The summed E-state index contributed by atoms with van der Waals surface area (Å²) >= 11 is 0. The van der Waals surface area contributed by atoms with Crippen molar-refractivity contribution < 1.29 is 13.2 Å². The van der Waals surface area contributed by atoms with Gasteiger partial charge in [-0.05, 0) is 48.7 Å². The van der Waals surface area contributed by atoms with E-state index in [0.29, 0.717) is 5.75 Å². The number of hydrogen-bond donors (Lipinski definition) is 1. The lowest BCUT2D eigenvalue weighted by Gasteiger charge is -2.15. The molecule has 1 unspecified atom stereocenters. The number of benzene rings is 2. The van der Waals surface area contributed by atoms with Gasteiger partial charge in [-0.3, -0.25) is 0 Å². The zero-order valence-electron chi connectivity index (χ0n) is 13.7. The highest BCUT2D eigenvalue weighted by Crippen LogP contribution is 2.21. The van der Waals surface area contributed by atoms with E-state index in [1.807, 2.05) is 43.3 Å². The van der Waals surface area contributed by atoms with Gasteiger partial charge in [-0.1, -0.05) is 37.6 Å². The summed E-state index contributed by atoms with van der Waals surface area (Å²) in [5.41, 5.74) is 2.00. The van der Waals surface area contributed by atoms with E-state index in [1.54, 1.807) is 19.2 Å². The lowest BCUT2D eigenvalue weighted by molar-refractivity contribution is 0.413. The first-order valence-corrected chi connectivity index (χ1v) is 9.20. The van der Waals surface area contributed by atoms with Crippen LogP contribution in [0.2, 0.25) is 0 Å². The molecule has 2 rings (SSSR count). The lowest BCUT2D eigenvalue weighted by Crippen LogP contribution is -2.26. The van der Waals surface area contributed by atoms with E-state index < -0.39 is 10.0 Å². The quantitative estimate of drug-likeness (QED) is 0.841. The highest BCUT2D eigenvalue weighted by Gasteiger charge is 2.18. The smallest absolute Gasteiger partial charge is 0.241 e. The molecule has 0 radical (unpaired) electrons. The van der Waals surface area contributed by atoms with E-state index in [-0.39, 0.29) is 10.9 Å². The van der Waals surface area contributed by atoms with Gasteiger partial charge in [-0.2, -0.15) is 0 Å². The number of rotatable bonds is 7. The molecular weight excluding hydrogens is 310 g/mol. The van der Waals surface area contributed by atoms with Gasteiger partial charge < -0.3 is 4.74 Å². The van der Waals surface area contributed by atoms with Crippen LogP contribution in [0.15, 0.2) is 53.4 Å². The molecule has 0 amide bonds. The van der Waals surface area contributed by atoms with Gasteiger partial charge in [0.2, 0.25) is 10.0 Å². The van der Waals surface area contributed by atoms with Gasteiger partial charge in [0.15, 0.2) is 0 Å². The van der Waals surface area contributed by atoms with Crippen LogP contribution in [0.4, 0.5) is 0 Å². The molecule has 5 heteroatoms. The normalized spacial score (nSPS) is 12.8. The third kappa shape index (κ3) is 4.56. The number of methoxy groups -OCH3 is 1. The molecule has 0 spiro atoms. The second-order valence-electron chi connectivity index (χ2n) is 5.51. The largest absolute Gasteiger partial charge is 0.497 e. The Labute approximate surface area is 138 Å². The van der Waals surface area contributed by atoms with E-state index >= 15 is 0 Å². The van der Waals surface area contributed by atoms with E-state index in [9.17, 15) is 8.42 Å². The van der Waals surface area contributed by atoms with E-state index in [0.717, 1.165) is 24.0 Å². The average Bonchev–Trinajstić information content (AvgIpc) is 2.55. The van der Waals surface area contributed by atoms with Crippen LogP contribution in [0.1, 0.15) is 37.4 Å². The van der Waals surface area contributed by atoms with Gasteiger partial charge in [0, 0.05) is 6.04 Å². The third-order valence-electron chi connectivity index (χ3n) is 3.70. The molecule has 0 aliphatic rings. The van der Waals surface area contributed by atoms with Gasteiger partial charge in [0.25, 0.3) is 0 Å². The van der Waals surface area contributed by atoms with Crippen molar-refractivity contribution in [2.24, 2.45) is 0 Å². The maximum Gasteiger partial charge on any atom is 0.241 e. The van der Waals surface area contributed by atoms with Crippen molar-refractivity contribution in [3.63, 3.8) is 0 Å². The first-order chi connectivity index (χ1) is 11.0. The van der Waals surface area contributed by atoms with E-state index in [1.165, 1.54) is 0 Å². The first kappa shape index (κ1) is 17.5. The minimum absolute atomic E-state index is 0.284. The summed E-state index contributed by atoms with van der Waals surface area (Å²) in [5, 5.41) is 0. The zero-order chi connectivity index (χ0) is 16.9. The van der Waals surface area contributed by atoms with Gasteiger partial charge >= 0.3 is 0 Å². The summed E-state index contributed by atoms with van der Waals surface area (Å²) in [6.45, 7) is 3.92. The first-order valence-electron chi connectivity index (χ1n) is 7.71. The Morgan fingerprint density at radius 2 is 1.83 bits per heavy atom. The molecule has 0 heterocycles. The van der Waals surface area contributed by atoms with Crippen molar-refractivity contribution in [2.75, 3.05) is 7.11 Å². The van der Waals surface area contributed by atoms with Crippen LogP contribution in [0, 0.1) is 0 Å². The van der Waals surface area contributed by atoms with Crippen LogP contribution < -0.4 is 9.46 Å². The maximum absolute atomic E-state index is 12.5. The van der Waals surface area contributed by atoms with Crippen LogP contribution in [-0.4, -0.2) is 15.5 Å². The minimum atomic E-state index is -3.55. The predicted molar refractivity (Wildman–Crippen MR) is 92.2 cm³/mol. The second-order valence-corrected chi connectivity index (χ2v) is 7.23. The fourth-order valence-corrected chi connectivity index (χ4v) is 3.64. The molecule has 0 aliphatic heterocycles. The molecular formula is C18H23NO3S. The molecule has 0 bridgehead atoms. The Balaban J connectivity index is 2.16. The van der Waals surface area contributed by atoms with Crippen molar-refractivity contribution in [2.45, 2.75) is 37.6 Å². The number of hydrogen-bond acceptors (Lipinski definition) is 3. The lowest BCUT2D eigenvalue weighted by atomic mass is 10.1. The highest BCUT2D eigenvalue weighted by molar-refractivity contribution is 7.89. The van der Waals surface area contributed by atoms with Crippen molar-refractivity contribution in [3.05, 3.63) is 59.7 Å². The Kier molecular flexibility index (Phi) is 5.80. The average molecular weight is 333 g/mol. The van der Waals surface area contributed by atoms with E-state index in [2.05, 4.69) is 11.6 Å². The maximum atomic E-state index is 12.5. The zero-order valence-corrected chi connectivity index (χ0v) is 14.6. The summed E-state index contributed by atoms with van der Waals surface area (Å²) in [6.07, 6.45) is 1.99. The molecule has 4 nitrogen and oxygen atoms in total. The fraction of sp³-hybridized carbons (Fsp3) is 0.333. The van der Waals surface area contributed by atoms with Crippen LogP contribution >= 0.6 is 0 Å². The number of sulfonamides is 1. The molecule has 0 fully saturated rings. The minimum Gasteiger partial charge on any atom is -0.497 e. The molecule has 1 atom stereocenters. The van der Waals surface area contributed by atoms with E-state index in [4.69, 9.17) is 4.74 Å². The van der Waals surface area contributed by atoms with Crippen LogP contribution in [-0.2, 0) is 16.4 Å². The monoisotopic (exact) mass is 333 g/mol. The van der Waals surface area contributed by atoms with Crippen molar-refractivity contribution in [1.29, 1.82) is 0 Å². The Bertz CT molecular complexity index is 739. The summed E-state index contributed by atoms with van der Waals surface area (Å²) in [6, 6.07) is 14.1. The number of ether oxygens (including phenoxy) is 1. The summed E-state index contributed by atoms with van der Waals surface area (Å²) in [4.78, 5) is 0.284. The van der Waals surface area contributed by atoms with Gasteiger partial charge in [0.1, 0.15) is 5.75 Å². The van der Waals surface area contributed by atoms with Gasteiger partial charge in [0.05, 0.1) is 12.0 Å². The van der Waals surface area contributed by atoms with Gasteiger partial charge in [-0.25, -0.2) is 13.1 Å². The molecule has 23 heavy (non-hydrogen) atoms. The molecule has 2 aromatic rings. The predicted octanol–water partition coefficient (Wildman–Crippen LogP) is 3.69. The third-order valence-corrected chi connectivity index (χ3v) is 5.25. The standard InChI is InChI=1S/C18H23NO3S/c1-4-6-15-9-11-18(12-10-15)23(20,21)19-14(2)16-7-5-8-17(13-16)22-3/h5,7-14,19H,4,6H2,1-3H3. The van der Waals surface area contributed by atoms with Crippen LogP contribution in [0.25, 0.3) is 0 Å². The van der Waals surface area contributed by atoms with Crippen LogP contribution in [0.5, 0.6) is 5.75 Å². The Morgan fingerprint density at radius 3 is 2.43 bits per heavy atom. The Morgan fingerprint density at radius 1 is 1.13 bits per heavy atom. The molecule has 2 aromatic carbocycles. The van der Waals surface area contributed by atoms with Crippen LogP contribution in [0.3, 0.4) is 0 Å². The van der Waals surface area contributed by atoms with Gasteiger partial charge in [-0.15, -0.1) is 0 Å². The Hall–Kier alpha value is -1.85. The SMILES string of the molecule is CCCc1ccc(S(=O)(=O)NC(C)c2cccc(OC)c2)cc1. The van der Waals surface area contributed by atoms with Crippen molar-refractivity contribution in [1.82, 2.24) is 4.72 Å². The molecule has 0 aliphatic carbocycles. The number of nitrogens with one attached hydrogen (secondary N) is 1. The van der Waals surface area contributed by atoms with Crippen molar-refractivity contribution in [3.8, 4) is 5.75 Å². The number of aryl methyl sites for hydroxylation is 1. The molecule has 0 aromatic heterocycles. The highest BCUT2D eigenvalue weighted by atomic mass is 32.2. The van der Waals surface area contributed by atoms with Crippen molar-refractivity contribution >= 4 is 10.0 Å².